The van der Waals surface area contributed by atoms with E-state index in [0.29, 0.717) is 6.29 Å². The topological polar surface area (TPSA) is 30.0 Å². The summed E-state index contributed by atoms with van der Waals surface area (Å²) in [4.78, 5) is 14.5. The Kier molecular flexibility index (Phi) is 3.14. The van der Waals surface area contributed by atoms with Gasteiger partial charge in [-0.1, -0.05) is 24.3 Å². The quantitative estimate of drug-likeness (QED) is 0.763. The van der Waals surface area contributed by atoms with Gasteiger partial charge >= 0.3 is 6.18 Å². The van der Waals surface area contributed by atoms with Gasteiger partial charge in [0.05, 0.1) is 11.3 Å². The first-order valence-corrected chi connectivity index (χ1v) is 5.11. The Hall–Kier alpha value is -2.17. The molecule has 1 heterocycles. The van der Waals surface area contributed by atoms with Gasteiger partial charge in [0.1, 0.15) is 5.69 Å². The predicted octanol–water partition coefficient (Wildman–Crippen LogP) is 3.58. The minimum absolute atomic E-state index is 0.0336. The number of rotatable bonds is 2. The molecule has 0 saturated heterocycles. The van der Waals surface area contributed by atoms with Crippen LogP contribution in [0.15, 0.2) is 42.5 Å². The van der Waals surface area contributed by atoms with Gasteiger partial charge in [-0.25, -0.2) is 4.98 Å². The molecule has 0 atom stereocenters. The van der Waals surface area contributed by atoms with Crippen LogP contribution in [0.3, 0.4) is 0 Å². The Morgan fingerprint density at radius 3 is 2.39 bits per heavy atom. The number of hydrogen-bond donors (Lipinski definition) is 0. The van der Waals surface area contributed by atoms with Crippen LogP contribution in [0.1, 0.15) is 16.1 Å². The lowest BCUT2D eigenvalue weighted by Crippen LogP contribution is -2.07. The van der Waals surface area contributed by atoms with E-state index >= 15 is 0 Å². The van der Waals surface area contributed by atoms with Gasteiger partial charge < -0.3 is 0 Å². The van der Waals surface area contributed by atoms with E-state index < -0.39 is 11.7 Å². The van der Waals surface area contributed by atoms with E-state index in [9.17, 15) is 18.0 Å². The molecule has 0 amide bonds. The normalized spacial score (nSPS) is 11.3. The summed E-state index contributed by atoms with van der Waals surface area (Å²) in [5.74, 6) is 0. The monoisotopic (exact) mass is 251 g/mol. The fraction of sp³-hybridized carbons (Fsp3) is 0.0769. The third-order valence-electron chi connectivity index (χ3n) is 2.40. The Bertz CT molecular complexity index is 578. The number of alkyl halides is 3. The minimum Gasteiger partial charge on any atom is -0.296 e. The molecule has 5 heteroatoms. The maximum Gasteiger partial charge on any atom is 0.417 e. The van der Waals surface area contributed by atoms with E-state index in [0.717, 1.165) is 6.07 Å². The molecule has 0 aliphatic heterocycles. The van der Waals surface area contributed by atoms with Gasteiger partial charge in [-0.3, -0.25) is 4.79 Å². The van der Waals surface area contributed by atoms with Crippen molar-refractivity contribution in [3.8, 4) is 11.3 Å². The number of aromatic nitrogens is 1. The first kappa shape index (κ1) is 12.3. The van der Waals surface area contributed by atoms with E-state index in [1.54, 1.807) is 0 Å². The van der Waals surface area contributed by atoms with Crippen LogP contribution in [0.25, 0.3) is 11.3 Å². The summed E-state index contributed by atoms with van der Waals surface area (Å²) in [6.45, 7) is 0. The van der Waals surface area contributed by atoms with E-state index in [-0.39, 0.29) is 17.0 Å². The molecular formula is C13H8F3NO. The first-order valence-electron chi connectivity index (χ1n) is 5.11. The largest absolute Gasteiger partial charge is 0.417 e. The van der Waals surface area contributed by atoms with Crippen LogP contribution in [-0.2, 0) is 6.18 Å². The molecule has 1 aromatic heterocycles. The van der Waals surface area contributed by atoms with Crippen molar-refractivity contribution in [2.24, 2.45) is 0 Å². The minimum atomic E-state index is -4.45. The van der Waals surface area contributed by atoms with Gasteiger partial charge in [0.25, 0.3) is 0 Å². The highest BCUT2D eigenvalue weighted by Gasteiger charge is 2.33. The zero-order valence-electron chi connectivity index (χ0n) is 9.11. The fourth-order valence-corrected chi connectivity index (χ4v) is 1.62. The molecule has 0 bridgehead atoms. The SMILES string of the molecule is O=Cc1cccc(-c2ccccc2C(F)(F)F)n1. The van der Waals surface area contributed by atoms with Crippen molar-refractivity contribution < 1.29 is 18.0 Å². The van der Waals surface area contributed by atoms with Crippen LogP contribution < -0.4 is 0 Å². The van der Waals surface area contributed by atoms with Crippen molar-refractivity contribution in [2.75, 3.05) is 0 Å². The summed E-state index contributed by atoms with van der Waals surface area (Å²) in [7, 11) is 0. The van der Waals surface area contributed by atoms with Gasteiger partial charge in [-0.15, -0.1) is 0 Å². The van der Waals surface area contributed by atoms with Gasteiger partial charge in [-0.05, 0) is 18.2 Å². The van der Waals surface area contributed by atoms with Gasteiger partial charge in [0.15, 0.2) is 6.29 Å². The predicted molar refractivity (Wildman–Crippen MR) is 60.1 cm³/mol. The van der Waals surface area contributed by atoms with E-state index in [4.69, 9.17) is 0 Å². The third kappa shape index (κ3) is 2.40. The van der Waals surface area contributed by atoms with Crippen molar-refractivity contribution in [1.82, 2.24) is 4.98 Å². The molecule has 0 saturated carbocycles. The highest BCUT2D eigenvalue weighted by Crippen LogP contribution is 2.36. The molecule has 1 aromatic carbocycles. The lowest BCUT2D eigenvalue weighted by molar-refractivity contribution is -0.137. The van der Waals surface area contributed by atoms with Crippen LogP contribution in [0.4, 0.5) is 13.2 Å². The molecule has 2 aromatic rings. The van der Waals surface area contributed by atoms with Crippen molar-refractivity contribution >= 4 is 6.29 Å². The molecule has 0 aliphatic carbocycles. The first-order chi connectivity index (χ1) is 8.52. The van der Waals surface area contributed by atoms with E-state index in [1.165, 1.54) is 36.4 Å². The van der Waals surface area contributed by atoms with Gasteiger partial charge in [-0.2, -0.15) is 13.2 Å². The molecule has 0 aliphatic rings. The molecule has 0 radical (unpaired) electrons. The summed E-state index contributed by atoms with van der Waals surface area (Å²) in [5.41, 5.74) is -0.564. The van der Waals surface area contributed by atoms with E-state index in [1.807, 2.05) is 0 Å². The Labute approximate surface area is 101 Å². The number of benzene rings is 1. The Morgan fingerprint density at radius 1 is 1.00 bits per heavy atom. The highest BCUT2D eigenvalue weighted by atomic mass is 19.4. The number of carbonyl (C=O) groups is 1. The zero-order valence-corrected chi connectivity index (χ0v) is 9.11. The molecular weight excluding hydrogens is 243 g/mol. The van der Waals surface area contributed by atoms with E-state index in [2.05, 4.69) is 4.98 Å². The Balaban J connectivity index is 2.60. The second kappa shape index (κ2) is 4.60. The maximum atomic E-state index is 12.8. The number of nitrogens with zero attached hydrogens (tertiary/aromatic N) is 1. The molecule has 18 heavy (non-hydrogen) atoms. The molecule has 0 N–H and O–H groups in total. The Morgan fingerprint density at radius 2 is 1.72 bits per heavy atom. The number of pyridine rings is 1. The van der Waals surface area contributed by atoms with Gasteiger partial charge in [0.2, 0.25) is 0 Å². The van der Waals surface area contributed by atoms with Gasteiger partial charge in [0, 0.05) is 5.56 Å². The summed E-state index contributed by atoms with van der Waals surface area (Å²) in [5, 5.41) is 0. The number of carbonyl (C=O) groups excluding carboxylic acids is 1. The smallest absolute Gasteiger partial charge is 0.296 e. The third-order valence-corrected chi connectivity index (χ3v) is 2.40. The maximum absolute atomic E-state index is 12.8. The number of halogens is 3. The van der Waals surface area contributed by atoms with Crippen LogP contribution in [-0.4, -0.2) is 11.3 Å². The number of hydrogen-bond acceptors (Lipinski definition) is 2. The molecule has 92 valence electrons. The lowest BCUT2D eigenvalue weighted by atomic mass is 10.0. The molecule has 0 fully saturated rings. The average Bonchev–Trinajstić information content (AvgIpc) is 2.38. The highest BCUT2D eigenvalue weighted by molar-refractivity contribution is 5.74. The number of aldehydes is 1. The van der Waals surface area contributed by atoms with Crippen molar-refractivity contribution in [2.45, 2.75) is 6.18 Å². The molecule has 0 spiro atoms. The molecule has 2 rings (SSSR count). The molecule has 0 unspecified atom stereocenters. The van der Waals surface area contributed by atoms with Crippen LogP contribution in [0, 0.1) is 0 Å². The fourth-order valence-electron chi connectivity index (χ4n) is 1.62. The second-order valence-electron chi connectivity index (χ2n) is 3.61. The van der Waals surface area contributed by atoms with Crippen LogP contribution >= 0.6 is 0 Å². The van der Waals surface area contributed by atoms with Crippen molar-refractivity contribution in [1.29, 1.82) is 0 Å². The summed E-state index contributed by atoms with van der Waals surface area (Å²) in [6.07, 6.45) is -3.95. The molecule has 2 nitrogen and oxygen atoms in total. The summed E-state index contributed by atoms with van der Waals surface area (Å²) in [6, 6.07) is 9.52. The van der Waals surface area contributed by atoms with Crippen LogP contribution in [0.5, 0.6) is 0 Å². The lowest BCUT2D eigenvalue weighted by Gasteiger charge is -2.12. The average molecular weight is 251 g/mol. The van der Waals surface area contributed by atoms with Crippen molar-refractivity contribution in [3.05, 3.63) is 53.7 Å². The van der Waals surface area contributed by atoms with Crippen molar-refractivity contribution in [3.63, 3.8) is 0 Å². The summed E-state index contributed by atoms with van der Waals surface area (Å²) < 4.78 is 38.5. The summed E-state index contributed by atoms with van der Waals surface area (Å²) >= 11 is 0. The zero-order chi connectivity index (χ0) is 13.2. The second-order valence-corrected chi connectivity index (χ2v) is 3.61. The standard InChI is InChI=1S/C13H8F3NO/c14-13(15,16)11-6-2-1-5-10(11)12-7-3-4-9(8-18)17-12/h1-8H. The van der Waals surface area contributed by atoms with Crippen LogP contribution in [0.2, 0.25) is 0 Å².